The molecule has 0 spiro atoms. The quantitative estimate of drug-likeness (QED) is 0.549. The molecule has 0 bridgehead atoms. The number of aromatic nitrogens is 2. The number of amides is 1. The number of halogens is 1. The lowest BCUT2D eigenvalue weighted by Crippen LogP contribution is -2.16. The molecule has 2 aromatic heterocycles. The van der Waals surface area contributed by atoms with Gasteiger partial charge in [-0.15, -0.1) is 11.3 Å². The van der Waals surface area contributed by atoms with Crippen molar-refractivity contribution in [1.82, 2.24) is 15.2 Å². The molecule has 1 amide bonds. The molecule has 1 aliphatic carbocycles. The van der Waals surface area contributed by atoms with Gasteiger partial charge < -0.3 is 0 Å². The van der Waals surface area contributed by atoms with Crippen LogP contribution in [0.1, 0.15) is 43.5 Å². The summed E-state index contributed by atoms with van der Waals surface area (Å²) in [7, 11) is 0. The molecule has 138 valence electrons. The van der Waals surface area contributed by atoms with Crippen molar-refractivity contribution < 1.29 is 9.18 Å². The third kappa shape index (κ3) is 3.42. The minimum atomic E-state index is -0.288. The molecule has 5 nitrogen and oxygen atoms in total. The highest BCUT2D eigenvalue weighted by Gasteiger charge is 2.18. The summed E-state index contributed by atoms with van der Waals surface area (Å²) >= 11 is 1.55. The van der Waals surface area contributed by atoms with E-state index in [1.54, 1.807) is 34.4 Å². The molecule has 7 heteroatoms. The maximum atomic E-state index is 13.1. The van der Waals surface area contributed by atoms with E-state index in [-0.39, 0.29) is 11.7 Å². The van der Waals surface area contributed by atoms with Crippen molar-refractivity contribution in [2.75, 3.05) is 0 Å². The maximum absolute atomic E-state index is 13.1. The minimum absolute atomic E-state index is 0.188. The van der Waals surface area contributed by atoms with E-state index in [0.717, 1.165) is 35.5 Å². The predicted molar refractivity (Wildman–Crippen MR) is 104 cm³/mol. The van der Waals surface area contributed by atoms with Gasteiger partial charge in [0.2, 0.25) is 0 Å². The topological polar surface area (TPSA) is 59.3 Å². The first kappa shape index (κ1) is 17.6. The van der Waals surface area contributed by atoms with Crippen LogP contribution in [0, 0.1) is 19.7 Å². The van der Waals surface area contributed by atoms with Crippen molar-refractivity contribution in [3.05, 3.63) is 68.4 Å². The lowest BCUT2D eigenvalue weighted by atomic mass is 10.2. The average molecular weight is 382 g/mol. The molecule has 0 radical (unpaired) electrons. The van der Waals surface area contributed by atoms with Crippen LogP contribution in [0.3, 0.4) is 0 Å². The molecule has 1 N–H and O–H groups in total. The number of hydrogen-bond acceptors (Lipinski definition) is 4. The first-order chi connectivity index (χ1) is 13.0. The lowest BCUT2D eigenvalue weighted by molar-refractivity contribution is 0.0959. The van der Waals surface area contributed by atoms with Crippen LogP contribution < -0.4 is 5.43 Å². The number of carbonyl (C=O) groups excluding carboxylic acids is 1. The molecular weight excluding hydrogens is 363 g/mol. The van der Waals surface area contributed by atoms with Crippen LogP contribution >= 0.6 is 11.3 Å². The van der Waals surface area contributed by atoms with Gasteiger partial charge >= 0.3 is 0 Å². The van der Waals surface area contributed by atoms with E-state index in [2.05, 4.69) is 15.6 Å². The van der Waals surface area contributed by atoms with Crippen LogP contribution in [0.4, 0.5) is 4.39 Å². The summed E-state index contributed by atoms with van der Waals surface area (Å²) < 4.78 is 14.9. The molecule has 0 fully saturated rings. The summed E-state index contributed by atoms with van der Waals surface area (Å²) in [6, 6.07) is 8.12. The lowest BCUT2D eigenvalue weighted by Gasteiger charge is -2.04. The van der Waals surface area contributed by atoms with Gasteiger partial charge in [0.1, 0.15) is 5.82 Å². The van der Waals surface area contributed by atoms with Crippen LogP contribution in [0.5, 0.6) is 0 Å². The Kier molecular flexibility index (Phi) is 4.61. The standard InChI is InChI=1S/C20H19FN4OS/c1-12-17(13(2)25(24-12)16-8-6-15(21)7-9-16)11-22-23-20(26)19-10-14-4-3-5-18(14)27-19/h6-11H,3-5H2,1-2H3,(H,23,26)/b22-11-. The third-order valence-electron chi connectivity index (χ3n) is 4.75. The Morgan fingerprint density at radius 1 is 1.30 bits per heavy atom. The van der Waals surface area contributed by atoms with Crippen molar-refractivity contribution in [3.8, 4) is 5.69 Å². The number of benzene rings is 1. The fourth-order valence-corrected chi connectivity index (χ4v) is 4.47. The number of aryl methyl sites for hydroxylation is 3. The Hall–Kier alpha value is -2.80. The summed E-state index contributed by atoms with van der Waals surface area (Å²) in [4.78, 5) is 14.3. The Balaban J connectivity index is 1.50. The zero-order valence-corrected chi connectivity index (χ0v) is 15.9. The van der Waals surface area contributed by atoms with Crippen LogP contribution in [-0.4, -0.2) is 21.9 Å². The van der Waals surface area contributed by atoms with Gasteiger partial charge in [0, 0.05) is 10.4 Å². The second-order valence-corrected chi connectivity index (χ2v) is 7.72. The molecular formula is C20H19FN4OS. The SMILES string of the molecule is Cc1nn(-c2ccc(F)cc2)c(C)c1/C=N\NC(=O)c1cc2c(s1)CCC2. The van der Waals surface area contributed by atoms with E-state index >= 15 is 0 Å². The van der Waals surface area contributed by atoms with Gasteiger partial charge in [-0.2, -0.15) is 10.2 Å². The first-order valence-corrected chi connectivity index (χ1v) is 9.61. The normalized spacial score (nSPS) is 13.3. The van der Waals surface area contributed by atoms with E-state index in [9.17, 15) is 9.18 Å². The van der Waals surface area contributed by atoms with Crippen LogP contribution in [-0.2, 0) is 12.8 Å². The number of nitrogens with one attached hydrogen (secondary N) is 1. The molecule has 0 unspecified atom stereocenters. The zero-order chi connectivity index (χ0) is 19.0. The van der Waals surface area contributed by atoms with Gasteiger partial charge in [-0.1, -0.05) is 0 Å². The highest BCUT2D eigenvalue weighted by atomic mass is 32.1. The highest BCUT2D eigenvalue weighted by Crippen LogP contribution is 2.30. The van der Waals surface area contributed by atoms with Crippen molar-refractivity contribution >= 4 is 23.5 Å². The Labute approximate surface area is 160 Å². The molecule has 3 aromatic rings. The Morgan fingerprint density at radius 2 is 2.07 bits per heavy atom. The molecule has 0 atom stereocenters. The van der Waals surface area contributed by atoms with Crippen molar-refractivity contribution in [3.63, 3.8) is 0 Å². The van der Waals surface area contributed by atoms with Crippen molar-refractivity contribution in [1.29, 1.82) is 0 Å². The summed E-state index contributed by atoms with van der Waals surface area (Å²) in [5, 5.41) is 8.60. The van der Waals surface area contributed by atoms with E-state index in [1.165, 1.54) is 29.0 Å². The Morgan fingerprint density at radius 3 is 2.81 bits per heavy atom. The van der Waals surface area contributed by atoms with Crippen LogP contribution in [0.15, 0.2) is 35.4 Å². The number of carbonyl (C=O) groups is 1. The maximum Gasteiger partial charge on any atom is 0.281 e. The van der Waals surface area contributed by atoms with Gasteiger partial charge in [0.05, 0.1) is 28.2 Å². The number of rotatable bonds is 4. The van der Waals surface area contributed by atoms with Gasteiger partial charge in [-0.3, -0.25) is 4.79 Å². The first-order valence-electron chi connectivity index (χ1n) is 8.80. The summed E-state index contributed by atoms with van der Waals surface area (Å²) in [6.07, 6.45) is 4.91. The number of hydrogen-bond donors (Lipinski definition) is 1. The van der Waals surface area contributed by atoms with Crippen molar-refractivity contribution in [2.24, 2.45) is 5.10 Å². The molecule has 0 saturated heterocycles. The van der Waals surface area contributed by atoms with Crippen LogP contribution in [0.2, 0.25) is 0 Å². The largest absolute Gasteiger partial charge is 0.281 e. The zero-order valence-electron chi connectivity index (χ0n) is 15.1. The monoisotopic (exact) mass is 382 g/mol. The summed E-state index contributed by atoms with van der Waals surface area (Å²) in [6.45, 7) is 3.79. The number of hydrazone groups is 1. The second kappa shape index (κ2) is 7.08. The predicted octanol–water partition coefficient (Wildman–Crippen LogP) is 3.94. The number of fused-ring (bicyclic) bond motifs is 1. The summed E-state index contributed by atoms with van der Waals surface area (Å²) in [5.74, 6) is -0.476. The van der Waals surface area contributed by atoms with Crippen LogP contribution in [0.25, 0.3) is 5.69 Å². The molecule has 2 heterocycles. The molecule has 27 heavy (non-hydrogen) atoms. The number of nitrogens with zero attached hydrogens (tertiary/aromatic N) is 3. The third-order valence-corrected chi connectivity index (χ3v) is 5.98. The average Bonchev–Trinajstić information content (AvgIpc) is 3.31. The van der Waals surface area contributed by atoms with E-state index in [1.807, 2.05) is 19.9 Å². The van der Waals surface area contributed by atoms with Crippen molar-refractivity contribution in [2.45, 2.75) is 33.1 Å². The Bertz CT molecular complexity index is 1010. The fraction of sp³-hybridized carbons (Fsp3) is 0.250. The van der Waals surface area contributed by atoms with Gasteiger partial charge in [-0.05, 0) is 69.0 Å². The fourth-order valence-electron chi connectivity index (χ4n) is 3.33. The minimum Gasteiger partial charge on any atom is -0.266 e. The summed E-state index contributed by atoms with van der Waals surface area (Å²) in [5.41, 5.74) is 7.14. The molecule has 1 aliphatic rings. The molecule has 4 rings (SSSR count). The molecule has 0 aliphatic heterocycles. The van der Waals surface area contributed by atoms with Gasteiger partial charge in [0.15, 0.2) is 0 Å². The van der Waals surface area contributed by atoms with E-state index in [0.29, 0.717) is 4.88 Å². The number of thiophene rings is 1. The van der Waals surface area contributed by atoms with Gasteiger partial charge in [-0.25, -0.2) is 14.5 Å². The van der Waals surface area contributed by atoms with Gasteiger partial charge in [0.25, 0.3) is 5.91 Å². The second-order valence-electron chi connectivity index (χ2n) is 6.58. The molecule has 0 saturated carbocycles. The molecule has 1 aromatic carbocycles. The highest BCUT2D eigenvalue weighted by molar-refractivity contribution is 7.14. The van der Waals surface area contributed by atoms with E-state index in [4.69, 9.17) is 0 Å². The smallest absolute Gasteiger partial charge is 0.266 e. The van der Waals surface area contributed by atoms with E-state index < -0.39 is 0 Å².